The number of halogens is 1. The van der Waals surface area contributed by atoms with Crippen LogP contribution >= 0.6 is 12.4 Å². The largest absolute Gasteiger partial charge is 0.326 e. The van der Waals surface area contributed by atoms with Gasteiger partial charge >= 0.3 is 0 Å². The van der Waals surface area contributed by atoms with Crippen molar-refractivity contribution in [3.05, 3.63) is 29.3 Å². The molecule has 3 rings (SSSR count). The third-order valence-corrected chi connectivity index (χ3v) is 5.56. The molecule has 0 aromatic heterocycles. The fourth-order valence-electron chi connectivity index (χ4n) is 4.40. The summed E-state index contributed by atoms with van der Waals surface area (Å²) in [5.74, 6) is 0.199. The highest BCUT2D eigenvalue weighted by molar-refractivity contribution is 5.93. The number of fused-ring (bicyclic) bond motifs is 1. The van der Waals surface area contributed by atoms with Gasteiger partial charge in [-0.2, -0.15) is 0 Å². The lowest BCUT2D eigenvalue weighted by Gasteiger charge is -2.31. The molecule has 128 valence electrons. The number of carbonyl (C=O) groups is 1. The van der Waals surface area contributed by atoms with Gasteiger partial charge in [-0.15, -0.1) is 12.4 Å². The topological polar surface area (TPSA) is 32.3 Å². The predicted molar refractivity (Wildman–Crippen MR) is 98.5 cm³/mol. The highest BCUT2D eigenvalue weighted by atomic mass is 35.5. The molecule has 2 saturated heterocycles. The highest BCUT2D eigenvalue weighted by Crippen LogP contribution is 2.41. The van der Waals surface area contributed by atoms with Crippen molar-refractivity contribution in [1.82, 2.24) is 4.90 Å². The summed E-state index contributed by atoms with van der Waals surface area (Å²) in [5.41, 5.74) is 3.73. The molecule has 0 radical (unpaired) electrons. The van der Waals surface area contributed by atoms with Gasteiger partial charge in [0.05, 0.1) is 0 Å². The van der Waals surface area contributed by atoms with Gasteiger partial charge < -0.3 is 5.32 Å². The van der Waals surface area contributed by atoms with Crippen LogP contribution in [0, 0.1) is 0 Å². The molecule has 4 heteroatoms. The van der Waals surface area contributed by atoms with Crippen molar-refractivity contribution in [3.63, 3.8) is 0 Å². The van der Waals surface area contributed by atoms with E-state index in [1.54, 1.807) is 0 Å². The Bertz CT molecular complexity index is 526. The average Bonchev–Trinajstić information content (AvgIpc) is 3.06. The first-order chi connectivity index (χ1) is 10.7. The zero-order valence-corrected chi connectivity index (χ0v) is 15.2. The van der Waals surface area contributed by atoms with Gasteiger partial charge in [-0.05, 0) is 62.7 Å². The summed E-state index contributed by atoms with van der Waals surface area (Å²) in [4.78, 5) is 15.3. The Balaban J connectivity index is 0.00000192. The molecule has 0 spiro atoms. The van der Waals surface area contributed by atoms with E-state index in [1.165, 1.54) is 49.9 Å². The van der Waals surface area contributed by atoms with Crippen LogP contribution in [-0.4, -0.2) is 29.4 Å². The molecule has 2 heterocycles. The van der Waals surface area contributed by atoms with E-state index in [-0.39, 0.29) is 23.9 Å². The second-order valence-corrected chi connectivity index (χ2v) is 6.80. The number of aryl methyl sites for hydroxylation is 2. The van der Waals surface area contributed by atoms with Crippen LogP contribution in [0.25, 0.3) is 0 Å². The fourth-order valence-corrected chi connectivity index (χ4v) is 4.40. The summed E-state index contributed by atoms with van der Waals surface area (Å²) < 4.78 is 0. The zero-order chi connectivity index (χ0) is 15.6. The molecule has 23 heavy (non-hydrogen) atoms. The zero-order valence-electron chi connectivity index (χ0n) is 14.4. The molecule has 2 fully saturated rings. The SMILES string of the molecule is CCc1cccc(CC)c1NC(=O)CC12CCCN1CCC2.Cl. The second-order valence-electron chi connectivity index (χ2n) is 6.80. The molecule has 2 aliphatic heterocycles. The minimum Gasteiger partial charge on any atom is -0.326 e. The van der Waals surface area contributed by atoms with E-state index in [0.29, 0.717) is 6.42 Å². The number of rotatable bonds is 5. The van der Waals surface area contributed by atoms with Gasteiger partial charge in [0.25, 0.3) is 0 Å². The van der Waals surface area contributed by atoms with E-state index in [2.05, 4.69) is 42.3 Å². The van der Waals surface area contributed by atoms with E-state index in [1.807, 2.05) is 0 Å². The highest BCUT2D eigenvalue weighted by Gasteiger charge is 2.45. The van der Waals surface area contributed by atoms with Crippen LogP contribution in [0.1, 0.15) is 57.1 Å². The summed E-state index contributed by atoms with van der Waals surface area (Å²) in [6.07, 6.45) is 7.46. The van der Waals surface area contributed by atoms with Crippen molar-refractivity contribution in [3.8, 4) is 0 Å². The maximum atomic E-state index is 12.7. The van der Waals surface area contributed by atoms with Crippen molar-refractivity contribution < 1.29 is 4.79 Å². The minimum absolute atomic E-state index is 0. The van der Waals surface area contributed by atoms with Gasteiger partial charge in [0.2, 0.25) is 5.91 Å². The smallest absolute Gasteiger partial charge is 0.226 e. The maximum absolute atomic E-state index is 12.7. The molecular formula is C19H29ClN2O. The standard InChI is InChI=1S/C19H28N2O.ClH/c1-3-15-8-5-9-16(4-2)18(15)20-17(22)14-19-10-6-12-21(19)13-7-11-19;/h5,8-9H,3-4,6-7,10-14H2,1-2H3,(H,20,22);1H. The molecule has 0 atom stereocenters. The fraction of sp³-hybridized carbons (Fsp3) is 0.632. The number of carbonyl (C=O) groups excluding carboxylic acids is 1. The number of amides is 1. The Labute approximate surface area is 146 Å². The van der Waals surface area contributed by atoms with Crippen molar-refractivity contribution in [2.75, 3.05) is 18.4 Å². The molecule has 2 aliphatic rings. The molecule has 1 N–H and O–H groups in total. The lowest BCUT2D eigenvalue weighted by Crippen LogP contribution is -2.41. The van der Waals surface area contributed by atoms with E-state index < -0.39 is 0 Å². The van der Waals surface area contributed by atoms with Gasteiger partial charge in [0, 0.05) is 17.6 Å². The number of nitrogens with one attached hydrogen (secondary N) is 1. The third kappa shape index (κ3) is 3.56. The quantitative estimate of drug-likeness (QED) is 0.874. The molecule has 0 aliphatic carbocycles. The summed E-state index contributed by atoms with van der Waals surface area (Å²) in [7, 11) is 0. The number of hydrogen-bond donors (Lipinski definition) is 1. The van der Waals surface area contributed by atoms with Gasteiger partial charge in [-0.25, -0.2) is 0 Å². The predicted octanol–water partition coefficient (Wildman–Crippen LogP) is 4.19. The molecular weight excluding hydrogens is 308 g/mol. The Morgan fingerprint density at radius 3 is 2.22 bits per heavy atom. The molecule has 0 unspecified atom stereocenters. The van der Waals surface area contributed by atoms with E-state index in [9.17, 15) is 4.79 Å². The van der Waals surface area contributed by atoms with E-state index in [0.717, 1.165) is 18.5 Å². The van der Waals surface area contributed by atoms with Gasteiger partial charge in [0.1, 0.15) is 0 Å². The van der Waals surface area contributed by atoms with Crippen LogP contribution in [-0.2, 0) is 17.6 Å². The van der Waals surface area contributed by atoms with Crippen LogP contribution in [0.2, 0.25) is 0 Å². The first kappa shape index (κ1) is 18.3. The first-order valence-electron chi connectivity index (χ1n) is 8.84. The summed E-state index contributed by atoms with van der Waals surface area (Å²) in [5, 5.41) is 3.25. The Morgan fingerprint density at radius 1 is 1.13 bits per heavy atom. The van der Waals surface area contributed by atoms with Crippen LogP contribution in [0.15, 0.2) is 18.2 Å². The monoisotopic (exact) mass is 336 g/mol. The number of para-hydroxylation sites is 1. The average molecular weight is 337 g/mol. The third-order valence-electron chi connectivity index (χ3n) is 5.56. The summed E-state index contributed by atoms with van der Waals surface area (Å²) in [6, 6.07) is 6.36. The number of anilines is 1. The molecule has 0 saturated carbocycles. The lowest BCUT2D eigenvalue weighted by atomic mass is 9.89. The van der Waals surface area contributed by atoms with E-state index in [4.69, 9.17) is 0 Å². The molecule has 3 nitrogen and oxygen atoms in total. The molecule has 1 amide bonds. The lowest BCUT2D eigenvalue weighted by molar-refractivity contribution is -0.118. The van der Waals surface area contributed by atoms with Crippen molar-refractivity contribution >= 4 is 24.0 Å². The first-order valence-corrected chi connectivity index (χ1v) is 8.84. The van der Waals surface area contributed by atoms with Gasteiger partial charge in [0.15, 0.2) is 0 Å². The van der Waals surface area contributed by atoms with Crippen molar-refractivity contribution in [2.24, 2.45) is 0 Å². The van der Waals surface area contributed by atoms with E-state index >= 15 is 0 Å². The summed E-state index contributed by atoms with van der Waals surface area (Å²) >= 11 is 0. The summed E-state index contributed by atoms with van der Waals surface area (Å²) in [6.45, 7) is 6.66. The van der Waals surface area contributed by atoms with Crippen molar-refractivity contribution in [2.45, 2.75) is 64.3 Å². The van der Waals surface area contributed by atoms with Crippen LogP contribution in [0.3, 0.4) is 0 Å². The maximum Gasteiger partial charge on any atom is 0.226 e. The number of hydrogen-bond acceptors (Lipinski definition) is 2. The molecule has 1 aromatic carbocycles. The normalized spacial score (nSPS) is 19.2. The van der Waals surface area contributed by atoms with Gasteiger partial charge in [-0.3, -0.25) is 9.69 Å². The Morgan fingerprint density at radius 2 is 1.70 bits per heavy atom. The van der Waals surface area contributed by atoms with Crippen LogP contribution < -0.4 is 5.32 Å². The second kappa shape index (κ2) is 7.67. The van der Waals surface area contributed by atoms with Crippen LogP contribution in [0.4, 0.5) is 5.69 Å². The number of nitrogens with zero attached hydrogens (tertiary/aromatic N) is 1. The van der Waals surface area contributed by atoms with Crippen LogP contribution in [0.5, 0.6) is 0 Å². The molecule has 0 bridgehead atoms. The van der Waals surface area contributed by atoms with Gasteiger partial charge in [-0.1, -0.05) is 32.0 Å². The minimum atomic E-state index is 0. The Hall–Kier alpha value is -1.06. The Kier molecular flexibility index (Phi) is 6.10. The molecule has 1 aromatic rings. The van der Waals surface area contributed by atoms with Crippen molar-refractivity contribution in [1.29, 1.82) is 0 Å². The number of benzene rings is 1.